The first-order valence-corrected chi connectivity index (χ1v) is 6.97. The summed E-state index contributed by atoms with van der Waals surface area (Å²) >= 11 is 5.90. The molecule has 1 heterocycles. The van der Waals surface area contributed by atoms with Gasteiger partial charge in [0.15, 0.2) is 0 Å². The van der Waals surface area contributed by atoms with Crippen molar-refractivity contribution in [1.29, 1.82) is 0 Å². The number of nitrogens with zero attached hydrogens (tertiary/aromatic N) is 2. The molecule has 0 unspecified atom stereocenters. The molecule has 1 fully saturated rings. The van der Waals surface area contributed by atoms with Crippen LogP contribution in [0.25, 0.3) is 5.03 Å². The lowest BCUT2D eigenvalue weighted by atomic mass is 10.1. The lowest BCUT2D eigenvalue weighted by Gasteiger charge is -2.26. The van der Waals surface area contributed by atoms with Crippen molar-refractivity contribution in [3.05, 3.63) is 30.3 Å². The molecule has 1 aliphatic rings. The van der Waals surface area contributed by atoms with E-state index >= 15 is 0 Å². The maximum absolute atomic E-state index is 5.90. The monoisotopic (exact) mass is 294 g/mol. The maximum Gasteiger partial charge on any atom is 0.121 e. The van der Waals surface area contributed by atoms with E-state index in [-0.39, 0.29) is 0 Å². The fraction of sp³-hybridized carbons (Fsp3) is 0.400. The van der Waals surface area contributed by atoms with Gasteiger partial charge in [0.2, 0.25) is 0 Å². The van der Waals surface area contributed by atoms with Gasteiger partial charge in [0.1, 0.15) is 12.4 Å². The Labute approximate surface area is 124 Å². The molecule has 0 amide bonds. The number of hydrogen-bond donors (Lipinski definition) is 0. The molecule has 0 radical (unpaired) electrons. The molecule has 1 aromatic carbocycles. The lowest BCUT2D eigenvalue weighted by Crippen LogP contribution is -2.38. The van der Waals surface area contributed by atoms with E-state index in [1.807, 2.05) is 18.2 Å². The minimum absolute atomic E-state index is 0.451. The average molecular weight is 295 g/mol. The fourth-order valence-electron chi connectivity index (χ4n) is 2.08. The molecule has 0 saturated carbocycles. The van der Waals surface area contributed by atoms with Crippen LogP contribution in [0.2, 0.25) is 0 Å². The zero-order valence-electron chi connectivity index (χ0n) is 11.5. The Balaban J connectivity index is 1.89. The summed E-state index contributed by atoms with van der Waals surface area (Å²) in [5.41, 5.74) is 1.47. The van der Waals surface area contributed by atoms with Crippen LogP contribution in [-0.2, 0) is 4.74 Å². The van der Waals surface area contributed by atoms with Gasteiger partial charge in [-0.05, 0) is 18.9 Å². The van der Waals surface area contributed by atoms with Gasteiger partial charge in [0.25, 0.3) is 0 Å². The van der Waals surface area contributed by atoms with Crippen LogP contribution >= 0.6 is 11.6 Å². The average Bonchev–Trinajstić information content (AvgIpc) is 2.48. The van der Waals surface area contributed by atoms with E-state index in [4.69, 9.17) is 21.1 Å². The van der Waals surface area contributed by atoms with E-state index in [9.17, 15) is 0 Å². The Morgan fingerprint density at radius 2 is 2.15 bits per heavy atom. The summed E-state index contributed by atoms with van der Waals surface area (Å²) in [6.07, 6.45) is 0. The Morgan fingerprint density at radius 1 is 1.40 bits per heavy atom. The SMILES string of the molecule is C=Nc1cc(OCCN2CCOCC2)ccc1C(=C)Cl. The number of halogens is 1. The summed E-state index contributed by atoms with van der Waals surface area (Å²) in [6, 6.07) is 5.55. The third kappa shape index (κ3) is 4.07. The van der Waals surface area contributed by atoms with Crippen molar-refractivity contribution in [1.82, 2.24) is 4.90 Å². The summed E-state index contributed by atoms with van der Waals surface area (Å²) in [7, 11) is 0. The number of morpholine rings is 1. The van der Waals surface area contributed by atoms with E-state index in [0.29, 0.717) is 17.3 Å². The van der Waals surface area contributed by atoms with E-state index in [2.05, 4.69) is 23.2 Å². The standard InChI is InChI=1S/C15H19ClN2O2/c1-12(16)14-4-3-13(11-15(14)17-2)20-10-7-18-5-8-19-9-6-18/h3-4,11H,1-2,5-10H2. The second-order valence-electron chi connectivity index (χ2n) is 4.54. The topological polar surface area (TPSA) is 34.1 Å². The first-order valence-electron chi connectivity index (χ1n) is 6.59. The third-order valence-electron chi connectivity index (χ3n) is 3.21. The molecule has 108 valence electrons. The molecular formula is C15H19ClN2O2. The van der Waals surface area contributed by atoms with Crippen LogP contribution in [0.15, 0.2) is 29.8 Å². The third-order valence-corrected chi connectivity index (χ3v) is 3.42. The molecule has 0 aromatic heterocycles. The quantitative estimate of drug-likeness (QED) is 0.757. The first kappa shape index (κ1) is 15.0. The van der Waals surface area contributed by atoms with Gasteiger partial charge in [-0.2, -0.15) is 0 Å². The van der Waals surface area contributed by atoms with E-state index in [1.54, 1.807) is 0 Å². The molecule has 0 N–H and O–H groups in total. The molecule has 4 nitrogen and oxygen atoms in total. The molecule has 0 bridgehead atoms. The second kappa shape index (κ2) is 7.43. The predicted molar refractivity (Wildman–Crippen MR) is 83.3 cm³/mol. The number of benzene rings is 1. The fourth-order valence-corrected chi connectivity index (χ4v) is 2.24. The Kier molecular flexibility index (Phi) is 5.59. The number of hydrogen-bond acceptors (Lipinski definition) is 4. The smallest absolute Gasteiger partial charge is 0.121 e. The molecular weight excluding hydrogens is 276 g/mol. The van der Waals surface area contributed by atoms with E-state index < -0.39 is 0 Å². The van der Waals surface area contributed by atoms with E-state index in [0.717, 1.165) is 44.2 Å². The summed E-state index contributed by atoms with van der Waals surface area (Å²) in [5.74, 6) is 0.766. The van der Waals surface area contributed by atoms with Gasteiger partial charge in [0.05, 0.1) is 18.9 Å². The zero-order valence-corrected chi connectivity index (χ0v) is 12.2. The minimum Gasteiger partial charge on any atom is -0.492 e. The van der Waals surface area contributed by atoms with Crippen LogP contribution in [0.4, 0.5) is 5.69 Å². The predicted octanol–water partition coefficient (Wildman–Crippen LogP) is 2.94. The van der Waals surface area contributed by atoms with Crippen molar-refractivity contribution in [2.75, 3.05) is 39.5 Å². The van der Waals surface area contributed by atoms with Crippen molar-refractivity contribution < 1.29 is 9.47 Å². The highest BCUT2D eigenvalue weighted by Crippen LogP contribution is 2.31. The Morgan fingerprint density at radius 3 is 2.80 bits per heavy atom. The van der Waals surface area contributed by atoms with Crippen LogP contribution in [0.3, 0.4) is 0 Å². The molecule has 1 aliphatic heterocycles. The first-order chi connectivity index (χ1) is 9.70. The van der Waals surface area contributed by atoms with Crippen LogP contribution in [0, 0.1) is 0 Å². The van der Waals surface area contributed by atoms with Gasteiger partial charge >= 0.3 is 0 Å². The van der Waals surface area contributed by atoms with Gasteiger partial charge in [-0.15, -0.1) is 0 Å². The molecule has 0 spiro atoms. The highest BCUT2D eigenvalue weighted by atomic mass is 35.5. The minimum atomic E-state index is 0.451. The normalized spacial score (nSPS) is 15.8. The largest absolute Gasteiger partial charge is 0.492 e. The van der Waals surface area contributed by atoms with Crippen molar-refractivity contribution in [3.63, 3.8) is 0 Å². The Hall–Kier alpha value is -1.36. The van der Waals surface area contributed by atoms with Crippen molar-refractivity contribution >= 4 is 29.0 Å². The van der Waals surface area contributed by atoms with Crippen LogP contribution in [0.5, 0.6) is 5.75 Å². The van der Waals surface area contributed by atoms with E-state index in [1.165, 1.54) is 0 Å². The van der Waals surface area contributed by atoms with Crippen molar-refractivity contribution in [2.45, 2.75) is 0 Å². The van der Waals surface area contributed by atoms with Crippen LogP contribution in [-0.4, -0.2) is 51.1 Å². The summed E-state index contributed by atoms with van der Waals surface area (Å²) in [6.45, 7) is 12.3. The number of ether oxygens (including phenoxy) is 2. The summed E-state index contributed by atoms with van der Waals surface area (Å²) in [5, 5.41) is 0.451. The second-order valence-corrected chi connectivity index (χ2v) is 5.00. The number of aliphatic imine (C=N–C) groups is 1. The summed E-state index contributed by atoms with van der Waals surface area (Å²) < 4.78 is 11.1. The van der Waals surface area contributed by atoms with Gasteiger partial charge in [-0.3, -0.25) is 9.89 Å². The molecule has 0 aliphatic carbocycles. The van der Waals surface area contributed by atoms with Crippen LogP contribution < -0.4 is 4.74 Å². The van der Waals surface area contributed by atoms with Crippen molar-refractivity contribution in [2.24, 2.45) is 4.99 Å². The molecule has 1 saturated heterocycles. The molecule has 2 rings (SSSR count). The van der Waals surface area contributed by atoms with Gasteiger partial charge in [-0.1, -0.05) is 18.2 Å². The molecule has 0 atom stereocenters. The van der Waals surface area contributed by atoms with Crippen molar-refractivity contribution in [3.8, 4) is 5.75 Å². The highest BCUT2D eigenvalue weighted by Gasteiger charge is 2.10. The molecule has 20 heavy (non-hydrogen) atoms. The molecule has 1 aromatic rings. The zero-order chi connectivity index (χ0) is 14.4. The molecule has 5 heteroatoms. The Bertz CT molecular complexity index is 485. The highest BCUT2D eigenvalue weighted by molar-refractivity contribution is 6.48. The maximum atomic E-state index is 5.90. The van der Waals surface area contributed by atoms with Gasteiger partial charge in [0, 0.05) is 36.3 Å². The van der Waals surface area contributed by atoms with Crippen LogP contribution in [0.1, 0.15) is 5.56 Å². The van der Waals surface area contributed by atoms with Gasteiger partial charge in [-0.25, -0.2) is 0 Å². The van der Waals surface area contributed by atoms with Gasteiger partial charge < -0.3 is 9.47 Å². The number of rotatable bonds is 6. The summed E-state index contributed by atoms with van der Waals surface area (Å²) in [4.78, 5) is 6.27. The lowest BCUT2D eigenvalue weighted by molar-refractivity contribution is 0.0322.